The molecule has 1 saturated heterocycles. The van der Waals surface area contributed by atoms with E-state index in [1.807, 2.05) is 37.0 Å². The van der Waals surface area contributed by atoms with Crippen LogP contribution in [0.5, 0.6) is 11.6 Å². The van der Waals surface area contributed by atoms with Crippen LogP contribution in [-0.4, -0.2) is 81.8 Å². The van der Waals surface area contributed by atoms with Crippen molar-refractivity contribution in [1.29, 1.82) is 5.26 Å². The molecule has 2 aromatic heterocycles. The Kier molecular flexibility index (Phi) is 8.13. The zero-order valence-electron chi connectivity index (χ0n) is 24.0. The number of aromatic nitrogens is 3. The fourth-order valence-electron chi connectivity index (χ4n) is 5.58. The van der Waals surface area contributed by atoms with Gasteiger partial charge < -0.3 is 25.0 Å². The van der Waals surface area contributed by atoms with E-state index in [1.54, 1.807) is 23.2 Å². The summed E-state index contributed by atoms with van der Waals surface area (Å²) in [6, 6.07) is 6.32. The first kappa shape index (κ1) is 28.4. The van der Waals surface area contributed by atoms with Crippen LogP contribution in [0.15, 0.2) is 30.7 Å². The highest BCUT2D eigenvalue weighted by Gasteiger charge is 2.33. The van der Waals surface area contributed by atoms with E-state index in [9.17, 15) is 9.59 Å². The van der Waals surface area contributed by atoms with Gasteiger partial charge in [-0.1, -0.05) is 0 Å². The van der Waals surface area contributed by atoms with Gasteiger partial charge >= 0.3 is 0 Å². The van der Waals surface area contributed by atoms with Crippen LogP contribution in [0.4, 0.5) is 0 Å². The number of hydrogen-bond acceptors (Lipinski definition) is 8. The zero-order chi connectivity index (χ0) is 29.3. The molecule has 3 heterocycles. The first-order valence-electron chi connectivity index (χ1n) is 14.1. The molecule has 11 nitrogen and oxygen atoms in total. The van der Waals surface area contributed by atoms with Gasteiger partial charge in [-0.3, -0.25) is 14.3 Å². The van der Waals surface area contributed by atoms with Gasteiger partial charge in [-0.05, 0) is 71.1 Å². The van der Waals surface area contributed by atoms with Gasteiger partial charge in [-0.2, -0.15) is 10.4 Å². The Hall–Kier alpha value is -4.17. The molecule has 2 amide bonds. The van der Waals surface area contributed by atoms with Gasteiger partial charge in [0.2, 0.25) is 11.8 Å². The number of nitrogens with two attached hydrogens (primary N) is 1. The highest BCUT2D eigenvalue weighted by atomic mass is 16.5. The quantitative estimate of drug-likeness (QED) is 0.420. The number of nitrogens with zero attached hydrogens (tertiary/aromatic N) is 6. The second kappa shape index (κ2) is 11.7. The first-order chi connectivity index (χ1) is 19.6. The number of nitriles is 1. The molecule has 2 aliphatic rings. The van der Waals surface area contributed by atoms with Crippen molar-refractivity contribution in [3.63, 3.8) is 0 Å². The number of hydrogen-bond donors (Lipinski definition) is 1. The number of pyridine rings is 1. The lowest BCUT2D eigenvalue weighted by atomic mass is 9.86. The third-order valence-corrected chi connectivity index (χ3v) is 7.92. The molecule has 3 aromatic rings. The number of carbonyl (C=O) groups is 2. The summed E-state index contributed by atoms with van der Waals surface area (Å²) in [5.41, 5.74) is 7.74. The number of fused-ring (bicyclic) bond motifs is 1. The first-order valence-corrected chi connectivity index (χ1v) is 14.1. The number of amides is 2. The molecule has 2 fully saturated rings. The minimum absolute atomic E-state index is 0.154. The summed E-state index contributed by atoms with van der Waals surface area (Å²) < 4.78 is 14.4. The van der Waals surface area contributed by atoms with E-state index in [1.165, 1.54) is 0 Å². The summed E-state index contributed by atoms with van der Waals surface area (Å²) in [7, 11) is 4.19. The summed E-state index contributed by atoms with van der Waals surface area (Å²) in [6.45, 7) is 4.74. The highest BCUT2D eigenvalue weighted by Crippen LogP contribution is 2.40. The SMILES string of the molecule is CC(C)Oc1cc2c(O[C@@H]3CCCN(C(=O)CC#N)C3)ncc(-c3cnn([C@H]4C[C@@H](N(C)C)C4)c3)c2cc1C(N)=O. The topological polar surface area (TPSA) is 140 Å². The van der Waals surface area contributed by atoms with Gasteiger partial charge in [0.05, 0.1) is 36.5 Å². The van der Waals surface area contributed by atoms with Crippen molar-refractivity contribution in [3.8, 4) is 28.8 Å². The standard InChI is InChI=1S/C30H37N7O4/c1-18(2)40-27-13-24-23(12-25(27)29(32)39)26(19-14-34-37(16-19)21-10-20(11-21)35(3)4)15-33-30(24)41-22-6-5-9-36(17-22)28(38)7-8-31/h12-16,18,20-22H,5-7,9-11,17H2,1-4H3,(H2,32,39)/t20-,21+,22-/m1/s1. The van der Waals surface area contributed by atoms with Crippen LogP contribution in [0.2, 0.25) is 0 Å². The fraction of sp³-hybridized carbons (Fsp3) is 0.500. The molecule has 0 radical (unpaired) electrons. The molecule has 1 atom stereocenters. The molecule has 0 unspecified atom stereocenters. The fourth-order valence-corrected chi connectivity index (χ4v) is 5.58. The van der Waals surface area contributed by atoms with Gasteiger partial charge in [0.15, 0.2) is 0 Å². The van der Waals surface area contributed by atoms with Crippen LogP contribution in [0.1, 0.15) is 62.4 Å². The van der Waals surface area contributed by atoms with Gasteiger partial charge in [-0.15, -0.1) is 0 Å². The predicted octanol–water partition coefficient (Wildman–Crippen LogP) is 3.53. The van der Waals surface area contributed by atoms with E-state index >= 15 is 0 Å². The van der Waals surface area contributed by atoms with Gasteiger partial charge in [-0.25, -0.2) is 4.98 Å². The molecule has 41 heavy (non-hydrogen) atoms. The molecule has 1 aromatic carbocycles. The second-order valence-corrected chi connectivity index (χ2v) is 11.4. The molecule has 0 bridgehead atoms. The molecule has 0 spiro atoms. The number of primary amides is 1. The van der Waals surface area contributed by atoms with E-state index in [-0.39, 0.29) is 30.1 Å². The lowest BCUT2D eigenvalue weighted by Gasteiger charge is -2.39. The Bertz CT molecular complexity index is 1490. The minimum Gasteiger partial charge on any atom is -0.490 e. The molecule has 1 aliphatic heterocycles. The van der Waals surface area contributed by atoms with Gasteiger partial charge in [0.1, 0.15) is 18.3 Å². The molecular formula is C30H37N7O4. The van der Waals surface area contributed by atoms with Crippen LogP contribution in [0.25, 0.3) is 21.9 Å². The van der Waals surface area contributed by atoms with E-state index in [0.29, 0.717) is 42.2 Å². The van der Waals surface area contributed by atoms with Crippen LogP contribution in [-0.2, 0) is 4.79 Å². The van der Waals surface area contributed by atoms with Crippen molar-refractivity contribution in [2.24, 2.45) is 5.73 Å². The Morgan fingerprint density at radius 3 is 2.68 bits per heavy atom. The van der Waals surface area contributed by atoms with E-state index in [0.717, 1.165) is 42.2 Å². The number of rotatable bonds is 9. The predicted molar refractivity (Wildman–Crippen MR) is 153 cm³/mol. The van der Waals surface area contributed by atoms with Gasteiger partial charge in [0, 0.05) is 41.5 Å². The summed E-state index contributed by atoms with van der Waals surface area (Å²) in [4.78, 5) is 33.5. The zero-order valence-corrected chi connectivity index (χ0v) is 24.0. The normalized spacial score (nSPS) is 20.6. The third kappa shape index (κ3) is 5.98. The largest absolute Gasteiger partial charge is 0.490 e. The average molecular weight is 560 g/mol. The van der Waals surface area contributed by atoms with Crippen LogP contribution in [0, 0.1) is 11.3 Å². The number of ether oxygens (including phenoxy) is 2. The molecular weight excluding hydrogens is 522 g/mol. The second-order valence-electron chi connectivity index (χ2n) is 11.4. The Balaban J connectivity index is 1.52. The average Bonchev–Trinajstić information content (AvgIpc) is 3.36. The maximum Gasteiger partial charge on any atom is 0.252 e. The number of benzene rings is 1. The molecule has 216 valence electrons. The number of likely N-dealkylation sites (tertiary alicyclic amines) is 1. The van der Waals surface area contributed by atoms with Crippen molar-refractivity contribution < 1.29 is 19.1 Å². The van der Waals surface area contributed by atoms with E-state index < -0.39 is 5.91 Å². The van der Waals surface area contributed by atoms with Crippen molar-refractivity contribution in [2.75, 3.05) is 27.2 Å². The monoisotopic (exact) mass is 559 g/mol. The Labute approximate surface area is 239 Å². The van der Waals surface area contributed by atoms with Crippen molar-refractivity contribution >= 4 is 22.6 Å². The van der Waals surface area contributed by atoms with Crippen molar-refractivity contribution in [1.82, 2.24) is 24.6 Å². The van der Waals surface area contributed by atoms with E-state index in [2.05, 4.69) is 24.1 Å². The lowest BCUT2D eigenvalue weighted by molar-refractivity contribution is -0.132. The molecule has 5 rings (SSSR count). The van der Waals surface area contributed by atoms with Crippen LogP contribution < -0.4 is 15.2 Å². The van der Waals surface area contributed by atoms with Crippen molar-refractivity contribution in [3.05, 3.63) is 36.3 Å². The summed E-state index contributed by atoms with van der Waals surface area (Å²) in [5.74, 6) is -0.0500. The summed E-state index contributed by atoms with van der Waals surface area (Å²) in [5, 5.41) is 15.0. The highest BCUT2D eigenvalue weighted by molar-refractivity contribution is 6.06. The van der Waals surface area contributed by atoms with Crippen molar-refractivity contribution in [2.45, 2.75) is 70.2 Å². The maximum atomic E-state index is 12.5. The third-order valence-electron chi connectivity index (χ3n) is 7.92. The van der Waals surface area contributed by atoms with Crippen LogP contribution in [0.3, 0.4) is 0 Å². The lowest BCUT2D eigenvalue weighted by Crippen LogP contribution is -2.44. The van der Waals surface area contributed by atoms with Gasteiger partial charge in [0.25, 0.3) is 5.91 Å². The summed E-state index contributed by atoms with van der Waals surface area (Å²) in [6.07, 6.45) is 8.54. The minimum atomic E-state index is -0.591. The molecule has 11 heteroatoms. The number of carbonyl (C=O) groups excluding carboxylic acids is 2. The maximum absolute atomic E-state index is 12.5. The van der Waals surface area contributed by atoms with E-state index in [4.69, 9.17) is 25.5 Å². The molecule has 2 N–H and O–H groups in total. The summed E-state index contributed by atoms with van der Waals surface area (Å²) >= 11 is 0. The molecule has 1 aliphatic carbocycles. The van der Waals surface area contributed by atoms with Crippen LogP contribution >= 0.6 is 0 Å². The Morgan fingerprint density at radius 1 is 1.22 bits per heavy atom. The Morgan fingerprint density at radius 2 is 2.00 bits per heavy atom. The molecule has 1 saturated carbocycles. The smallest absolute Gasteiger partial charge is 0.252 e. The number of piperidine rings is 1.